The average molecular weight is 1000 g/mol. The van der Waals surface area contributed by atoms with Crippen molar-refractivity contribution in [2.45, 2.75) is 77.3 Å². The normalized spacial score (nSPS) is 12.9. The van der Waals surface area contributed by atoms with Crippen LogP contribution in [0.3, 0.4) is 0 Å². The van der Waals surface area contributed by atoms with E-state index < -0.39 is 24.4 Å². The highest BCUT2D eigenvalue weighted by Crippen LogP contribution is 2.33. The second kappa shape index (κ2) is 28.1. The Balaban J connectivity index is 1.01. The Labute approximate surface area is 431 Å². The molecule has 12 heteroatoms. The molecular weight excluding hydrogens is 943 g/mol. The van der Waals surface area contributed by atoms with Gasteiger partial charge < -0.3 is 48.1 Å². The van der Waals surface area contributed by atoms with Crippen molar-refractivity contribution in [2.75, 3.05) is 13.2 Å². The molecule has 0 unspecified atom stereocenters. The maximum atomic E-state index is 13.8. The molecule has 8 aromatic rings. The molecule has 0 aliphatic rings. The average Bonchev–Trinajstić information content (AvgIpc) is 3.44. The van der Waals surface area contributed by atoms with E-state index in [-0.39, 0.29) is 64.5 Å². The van der Waals surface area contributed by atoms with E-state index in [2.05, 4.69) is 0 Å². The van der Waals surface area contributed by atoms with Crippen molar-refractivity contribution in [3.8, 4) is 23.0 Å². The first kappa shape index (κ1) is 52.9. The number of aliphatic hydroxyl groups excluding tert-OH is 2. The van der Waals surface area contributed by atoms with E-state index in [0.29, 0.717) is 58.5 Å². The van der Waals surface area contributed by atoms with Crippen LogP contribution in [0.2, 0.25) is 0 Å². The first-order valence-corrected chi connectivity index (χ1v) is 24.5. The number of hydrogen-bond acceptors (Lipinski definition) is 10. The molecule has 4 atom stereocenters. The molecule has 0 aliphatic heterocycles. The molecule has 0 spiro atoms. The zero-order valence-corrected chi connectivity index (χ0v) is 40.9. The molecule has 0 aromatic heterocycles. The van der Waals surface area contributed by atoms with Crippen LogP contribution in [0, 0.1) is 11.6 Å². The molecule has 0 fully saturated rings. The molecule has 0 heterocycles. The van der Waals surface area contributed by atoms with Crippen LogP contribution >= 0.6 is 0 Å². The first-order chi connectivity index (χ1) is 36.3. The van der Waals surface area contributed by atoms with Crippen molar-refractivity contribution in [1.82, 2.24) is 0 Å². The molecule has 0 saturated heterocycles. The van der Waals surface area contributed by atoms with E-state index in [0.717, 1.165) is 22.3 Å². The highest BCUT2D eigenvalue weighted by Gasteiger charge is 2.34. The zero-order valence-electron chi connectivity index (χ0n) is 40.9. The van der Waals surface area contributed by atoms with Gasteiger partial charge >= 0.3 is 0 Å². The van der Waals surface area contributed by atoms with Gasteiger partial charge in [0, 0.05) is 0 Å². The van der Waals surface area contributed by atoms with Gasteiger partial charge in [0.1, 0.15) is 62.5 Å². The van der Waals surface area contributed by atoms with Gasteiger partial charge in [0.25, 0.3) is 0 Å². The molecule has 0 amide bonds. The van der Waals surface area contributed by atoms with Crippen LogP contribution in [-0.4, -0.2) is 47.8 Å². The van der Waals surface area contributed by atoms with Gasteiger partial charge in [-0.2, -0.15) is 0 Å². The molecule has 74 heavy (non-hydrogen) atoms. The van der Waals surface area contributed by atoms with E-state index in [1.165, 1.54) is 24.3 Å². The van der Waals surface area contributed by atoms with Crippen molar-refractivity contribution < 1.29 is 56.9 Å². The van der Waals surface area contributed by atoms with Crippen molar-refractivity contribution in [2.24, 2.45) is 0 Å². The summed E-state index contributed by atoms with van der Waals surface area (Å²) in [5, 5.41) is 24.3. The van der Waals surface area contributed by atoms with Gasteiger partial charge in [-0.25, -0.2) is 8.78 Å². The molecule has 8 aromatic carbocycles. The molecule has 0 saturated carbocycles. The van der Waals surface area contributed by atoms with Gasteiger partial charge in [-0.3, -0.25) is 0 Å². The minimum absolute atomic E-state index is 0.0218. The third kappa shape index (κ3) is 16.8. The van der Waals surface area contributed by atoms with Crippen LogP contribution in [-0.2, 0) is 71.8 Å². The van der Waals surface area contributed by atoms with E-state index in [1.54, 1.807) is 24.3 Å². The highest BCUT2D eigenvalue weighted by molar-refractivity contribution is 5.44. The summed E-state index contributed by atoms with van der Waals surface area (Å²) in [5.41, 5.74) is 6.72. The topological polar surface area (TPSA) is 114 Å². The number of ether oxygens (including phenoxy) is 8. The smallest absolute Gasteiger partial charge is 0.162 e. The van der Waals surface area contributed by atoms with Crippen molar-refractivity contribution in [1.29, 1.82) is 0 Å². The van der Waals surface area contributed by atoms with Crippen LogP contribution in [0.15, 0.2) is 206 Å². The highest BCUT2D eigenvalue weighted by atomic mass is 19.1. The molecular formula is C62H60F2O10. The molecule has 2 N–H and O–H groups in total. The summed E-state index contributed by atoms with van der Waals surface area (Å²) in [6, 6.07) is 62.0. The lowest BCUT2D eigenvalue weighted by Crippen LogP contribution is -2.49. The monoisotopic (exact) mass is 1000 g/mol. The Morgan fingerprint density at radius 3 is 0.905 bits per heavy atom. The number of benzene rings is 8. The Hall–Kier alpha value is -7.42. The van der Waals surface area contributed by atoms with Crippen LogP contribution in [0.1, 0.15) is 44.5 Å². The van der Waals surface area contributed by atoms with Crippen LogP contribution < -0.4 is 18.9 Å². The summed E-state index contributed by atoms with van der Waals surface area (Å²) in [4.78, 5) is 0. The second-order valence-electron chi connectivity index (χ2n) is 17.6. The maximum Gasteiger partial charge on any atom is 0.162 e. The third-order valence-electron chi connectivity index (χ3n) is 11.9. The predicted molar refractivity (Wildman–Crippen MR) is 277 cm³/mol. The Kier molecular flexibility index (Phi) is 20.1. The minimum atomic E-state index is -1.58. The van der Waals surface area contributed by atoms with E-state index >= 15 is 0 Å². The standard InChI is InChI=1S/C62H60F2O10/c63-53-27-21-49(22-28-53)35-67-43-59(73-41-51-25-31-55(69-37-45-13-5-1-6-14-45)57(33-51)71-39-47-17-9-3-10-18-47)61(65)62(66)60(44-68-36-50-23-29-54(64)30-24-50)74-42-52-26-32-56(70-38-46-15-7-2-8-16-46)58(34-52)72-40-48-19-11-4-12-20-48/h1-34,59-62,65-66H,35-44H2/t59-,60-,61-,62-/m1/s1. The Morgan fingerprint density at radius 2 is 0.581 bits per heavy atom. The van der Waals surface area contributed by atoms with E-state index in [9.17, 15) is 19.0 Å². The van der Waals surface area contributed by atoms with Gasteiger partial charge in [0.15, 0.2) is 23.0 Å². The molecule has 10 nitrogen and oxygen atoms in total. The summed E-state index contributed by atoms with van der Waals surface area (Å²) in [6.45, 7) is 1.00. The summed E-state index contributed by atoms with van der Waals surface area (Å²) in [7, 11) is 0. The second-order valence-corrected chi connectivity index (χ2v) is 17.6. The number of rotatable bonds is 29. The molecule has 0 radical (unpaired) electrons. The van der Waals surface area contributed by atoms with Crippen molar-refractivity contribution in [3.05, 3.63) is 262 Å². The summed E-state index contributed by atoms with van der Waals surface area (Å²) < 4.78 is 77.8. The quantitative estimate of drug-likeness (QED) is 0.0470. The Bertz CT molecular complexity index is 2660. The zero-order chi connectivity index (χ0) is 51.2. The fraction of sp³-hybridized carbons (Fsp3) is 0.226. The van der Waals surface area contributed by atoms with Gasteiger partial charge in [-0.1, -0.05) is 158 Å². The van der Waals surface area contributed by atoms with Crippen LogP contribution in [0.25, 0.3) is 0 Å². The number of aliphatic hydroxyl groups is 2. The predicted octanol–water partition coefficient (Wildman–Crippen LogP) is 11.9. The number of halogens is 2. The molecule has 0 aliphatic carbocycles. The van der Waals surface area contributed by atoms with Gasteiger partial charge in [0.05, 0.1) is 39.6 Å². The van der Waals surface area contributed by atoms with Crippen molar-refractivity contribution >= 4 is 0 Å². The van der Waals surface area contributed by atoms with Gasteiger partial charge in [-0.15, -0.1) is 0 Å². The first-order valence-electron chi connectivity index (χ1n) is 24.5. The van der Waals surface area contributed by atoms with E-state index in [1.807, 2.05) is 158 Å². The lowest BCUT2D eigenvalue weighted by Gasteiger charge is -2.32. The summed E-state index contributed by atoms with van der Waals surface area (Å²) in [5.74, 6) is 1.29. The van der Waals surface area contributed by atoms with Gasteiger partial charge in [0.2, 0.25) is 0 Å². The van der Waals surface area contributed by atoms with Crippen molar-refractivity contribution in [3.63, 3.8) is 0 Å². The molecule has 382 valence electrons. The SMILES string of the molecule is O[C@@H]([C@H](O)[C@@H](COCc1ccc(F)cc1)OCc1ccc(OCc2ccccc2)c(OCc2ccccc2)c1)[C@@H](COCc1ccc(F)cc1)OCc1ccc(OCc2ccccc2)c(OCc2ccccc2)c1. The Morgan fingerprint density at radius 1 is 0.297 bits per heavy atom. The van der Waals surface area contributed by atoms with Crippen LogP contribution in [0.4, 0.5) is 8.78 Å². The third-order valence-corrected chi connectivity index (χ3v) is 11.9. The maximum absolute atomic E-state index is 13.8. The van der Waals surface area contributed by atoms with E-state index in [4.69, 9.17) is 37.9 Å². The molecule has 8 rings (SSSR count). The van der Waals surface area contributed by atoms with Crippen LogP contribution in [0.5, 0.6) is 23.0 Å². The lowest BCUT2D eigenvalue weighted by atomic mass is 10.0. The summed E-state index contributed by atoms with van der Waals surface area (Å²) in [6.07, 6.45) is -5.39. The fourth-order valence-electron chi connectivity index (χ4n) is 7.77. The lowest BCUT2D eigenvalue weighted by molar-refractivity contribution is -0.170. The molecule has 0 bridgehead atoms. The summed E-state index contributed by atoms with van der Waals surface area (Å²) >= 11 is 0. The minimum Gasteiger partial charge on any atom is -0.485 e. The largest absolute Gasteiger partial charge is 0.485 e. The van der Waals surface area contributed by atoms with Gasteiger partial charge in [-0.05, 0) is 93.0 Å². The fourth-order valence-corrected chi connectivity index (χ4v) is 7.77. The number of hydrogen-bond donors (Lipinski definition) is 2.